The summed E-state index contributed by atoms with van der Waals surface area (Å²) in [5.41, 5.74) is 1.05. The Morgan fingerprint density at radius 3 is 2.65 bits per heavy atom. The van der Waals surface area contributed by atoms with Crippen LogP contribution in [-0.4, -0.2) is 4.57 Å². The molecule has 0 spiro atoms. The molecular weight excluding hydrogens is 470 g/mol. The quantitative estimate of drug-likeness (QED) is 0.406. The zero-order valence-corrected chi connectivity index (χ0v) is 16.9. The van der Waals surface area contributed by atoms with E-state index in [4.69, 9.17) is 4.74 Å². The van der Waals surface area contributed by atoms with E-state index in [2.05, 4.69) is 9.24 Å². The first-order chi connectivity index (χ1) is 12.4. The van der Waals surface area contributed by atoms with Crippen LogP contribution in [0.25, 0.3) is 0 Å². The molecule has 1 unspecified atom stereocenters. The Bertz CT molecular complexity index is 1010. The fraction of sp³-hybridized carbons (Fsp3) is 0.105. The number of aromatic nitrogens is 1. The minimum atomic E-state index is -0.675. The van der Waals surface area contributed by atoms with Crippen LogP contribution in [0.4, 0.5) is 8.78 Å². The van der Waals surface area contributed by atoms with E-state index in [0.717, 1.165) is 16.9 Å². The highest BCUT2D eigenvalue weighted by atomic mass is 127. The van der Waals surface area contributed by atoms with Crippen LogP contribution in [0.3, 0.4) is 0 Å². The van der Waals surface area contributed by atoms with Gasteiger partial charge in [0.05, 0.1) is 6.54 Å². The van der Waals surface area contributed by atoms with Gasteiger partial charge in [-0.1, -0.05) is 24.3 Å². The molecule has 0 N–H and O–H groups in total. The first-order valence-electron chi connectivity index (χ1n) is 7.74. The lowest BCUT2D eigenvalue weighted by molar-refractivity contribution is 0.296. The van der Waals surface area contributed by atoms with Crippen molar-refractivity contribution in [2.24, 2.45) is 0 Å². The largest absolute Gasteiger partial charge is 0.487 e. The smallest absolute Gasteiger partial charge is 0.268 e. The first-order valence-corrected chi connectivity index (χ1v) is 9.40. The van der Waals surface area contributed by atoms with E-state index in [1.807, 2.05) is 46.9 Å². The van der Waals surface area contributed by atoms with Crippen molar-refractivity contribution in [3.63, 3.8) is 0 Å². The monoisotopic (exact) mass is 485 g/mol. The average Bonchev–Trinajstić information content (AvgIpc) is 2.60. The SMILES string of the molecule is O=c1c(I)c(OCc2ccc(F)cc2F)ccn1Cc1cccc(P)c1. The van der Waals surface area contributed by atoms with Gasteiger partial charge >= 0.3 is 0 Å². The van der Waals surface area contributed by atoms with E-state index in [9.17, 15) is 13.6 Å². The maximum atomic E-state index is 13.7. The van der Waals surface area contributed by atoms with Gasteiger partial charge in [-0.05, 0) is 51.7 Å². The molecule has 0 amide bonds. The molecule has 1 aromatic heterocycles. The number of hydrogen-bond donors (Lipinski definition) is 0. The van der Waals surface area contributed by atoms with E-state index in [1.165, 1.54) is 12.1 Å². The number of rotatable bonds is 5. The van der Waals surface area contributed by atoms with Crippen molar-refractivity contribution >= 4 is 37.1 Å². The first kappa shape index (κ1) is 19.0. The third-order valence-corrected chi connectivity index (χ3v) is 5.13. The molecule has 0 radical (unpaired) electrons. The highest BCUT2D eigenvalue weighted by Crippen LogP contribution is 2.19. The summed E-state index contributed by atoms with van der Waals surface area (Å²) in [5, 5.41) is 1.05. The summed E-state index contributed by atoms with van der Waals surface area (Å²) in [6.07, 6.45) is 1.65. The molecule has 0 bridgehead atoms. The number of benzene rings is 2. The highest BCUT2D eigenvalue weighted by molar-refractivity contribution is 14.1. The Hall–Kier alpha value is -1.79. The summed E-state index contributed by atoms with van der Waals surface area (Å²) in [7, 11) is 2.63. The Balaban J connectivity index is 1.78. The molecule has 0 saturated carbocycles. The predicted octanol–water partition coefficient (Wildman–Crippen LogP) is 3.86. The Kier molecular flexibility index (Phi) is 6.04. The molecule has 0 fully saturated rings. The van der Waals surface area contributed by atoms with E-state index in [-0.39, 0.29) is 17.7 Å². The van der Waals surface area contributed by atoms with Gasteiger partial charge in [-0.25, -0.2) is 8.78 Å². The minimum absolute atomic E-state index is 0.0827. The fourth-order valence-corrected chi connectivity index (χ4v) is 3.42. The molecule has 1 heterocycles. The van der Waals surface area contributed by atoms with Crippen molar-refractivity contribution in [1.82, 2.24) is 4.57 Å². The molecule has 0 aliphatic heterocycles. The summed E-state index contributed by atoms with van der Waals surface area (Å²) in [6, 6.07) is 12.8. The van der Waals surface area contributed by atoms with Crippen molar-refractivity contribution in [3.8, 4) is 5.75 Å². The maximum absolute atomic E-state index is 13.7. The maximum Gasteiger partial charge on any atom is 0.268 e. The third kappa shape index (κ3) is 4.48. The summed E-state index contributed by atoms with van der Waals surface area (Å²) >= 11 is 1.92. The van der Waals surface area contributed by atoms with Crippen LogP contribution in [0.2, 0.25) is 0 Å². The van der Waals surface area contributed by atoms with E-state index >= 15 is 0 Å². The molecule has 7 heteroatoms. The number of hydrogen-bond acceptors (Lipinski definition) is 2. The lowest BCUT2D eigenvalue weighted by Gasteiger charge is -2.12. The molecule has 3 aromatic rings. The lowest BCUT2D eigenvalue weighted by Crippen LogP contribution is -2.23. The summed E-state index contributed by atoms with van der Waals surface area (Å²) in [4.78, 5) is 12.5. The van der Waals surface area contributed by atoms with Gasteiger partial charge in [0.15, 0.2) is 0 Å². The normalized spacial score (nSPS) is 10.8. The molecule has 26 heavy (non-hydrogen) atoms. The minimum Gasteiger partial charge on any atom is -0.487 e. The average molecular weight is 485 g/mol. The molecule has 0 aliphatic carbocycles. The molecule has 1 atom stereocenters. The van der Waals surface area contributed by atoms with Crippen molar-refractivity contribution in [2.45, 2.75) is 13.2 Å². The molecule has 3 nitrogen and oxygen atoms in total. The molecule has 3 rings (SSSR count). The third-order valence-electron chi connectivity index (χ3n) is 3.77. The van der Waals surface area contributed by atoms with Crippen molar-refractivity contribution in [2.75, 3.05) is 0 Å². The standard InChI is InChI=1S/C19H15F2INO2P/c20-14-5-4-13(16(21)9-14)11-25-17-6-7-23(19(24)18(17)22)10-12-2-1-3-15(26)8-12/h1-9H,10-11,26H2. The fourth-order valence-electron chi connectivity index (χ4n) is 2.45. The van der Waals surface area contributed by atoms with Crippen molar-refractivity contribution in [1.29, 1.82) is 0 Å². The number of pyridine rings is 1. The second-order valence-corrected chi connectivity index (χ2v) is 7.44. The van der Waals surface area contributed by atoms with Crippen LogP contribution >= 0.6 is 31.8 Å². The van der Waals surface area contributed by atoms with Gasteiger partial charge in [0.1, 0.15) is 27.6 Å². The molecule has 0 aliphatic rings. The van der Waals surface area contributed by atoms with Crippen molar-refractivity contribution in [3.05, 3.63) is 91.4 Å². The Morgan fingerprint density at radius 1 is 1.12 bits per heavy atom. The highest BCUT2D eigenvalue weighted by Gasteiger charge is 2.11. The second-order valence-electron chi connectivity index (χ2n) is 5.70. The number of halogens is 3. The molecule has 2 aromatic carbocycles. The summed E-state index contributed by atoms with van der Waals surface area (Å²) < 4.78 is 34.2. The van der Waals surface area contributed by atoms with E-state index < -0.39 is 11.6 Å². The molecule has 0 saturated heterocycles. The van der Waals surface area contributed by atoms with Crippen LogP contribution in [0.15, 0.2) is 59.5 Å². The van der Waals surface area contributed by atoms with Crippen LogP contribution in [0.5, 0.6) is 5.75 Å². The Morgan fingerprint density at radius 2 is 1.92 bits per heavy atom. The van der Waals surface area contributed by atoms with Crippen LogP contribution < -0.4 is 15.6 Å². The van der Waals surface area contributed by atoms with Gasteiger partial charge in [-0.3, -0.25) is 4.79 Å². The van der Waals surface area contributed by atoms with Gasteiger partial charge in [-0.15, -0.1) is 9.24 Å². The predicted molar refractivity (Wildman–Crippen MR) is 109 cm³/mol. The van der Waals surface area contributed by atoms with Crippen LogP contribution in [-0.2, 0) is 13.2 Å². The van der Waals surface area contributed by atoms with Crippen LogP contribution in [0.1, 0.15) is 11.1 Å². The van der Waals surface area contributed by atoms with Gasteiger partial charge in [0.2, 0.25) is 0 Å². The van der Waals surface area contributed by atoms with Gasteiger partial charge in [0.25, 0.3) is 5.56 Å². The number of nitrogens with zero attached hydrogens (tertiary/aromatic N) is 1. The second kappa shape index (κ2) is 8.27. The van der Waals surface area contributed by atoms with Gasteiger partial charge < -0.3 is 9.30 Å². The van der Waals surface area contributed by atoms with Gasteiger partial charge in [-0.2, -0.15) is 0 Å². The molecule has 134 valence electrons. The lowest BCUT2D eigenvalue weighted by atomic mass is 10.2. The van der Waals surface area contributed by atoms with E-state index in [1.54, 1.807) is 16.8 Å². The van der Waals surface area contributed by atoms with Gasteiger partial charge in [0, 0.05) is 17.8 Å². The Labute approximate surface area is 165 Å². The molecular formula is C19H15F2INO2P. The zero-order valence-electron chi connectivity index (χ0n) is 13.6. The van der Waals surface area contributed by atoms with Crippen molar-refractivity contribution < 1.29 is 13.5 Å². The summed E-state index contributed by atoms with van der Waals surface area (Å²) in [5.74, 6) is -0.945. The topological polar surface area (TPSA) is 31.2 Å². The van der Waals surface area contributed by atoms with E-state index in [0.29, 0.717) is 15.9 Å². The zero-order chi connectivity index (χ0) is 18.7. The summed E-state index contributed by atoms with van der Waals surface area (Å²) in [6.45, 7) is 0.366. The number of ether oxygens (including phenoxy) is 1. The van der Waals surface area contributed by atoms with Crippen LogP contribution in [0, 0.1) is 15.2 Å².